The Bertz CT molecular complexity index is 150. The Morgan fingerprint density at radius 2 is 1.82 bits per heavy atom. The van der Waals surface area contributed by atoms with E-state index >= 15 is 0 Å². The van der Waals surface area contributed by atoms with Gasteiger partial charge in [0.25, 0.3) is 0 Å². The van der Waals surface area contributed by atoms with E-state index < -0.39 is 0 Å². The number of likely N-dealkylation sites (N-methyl/N-ethyl adjacent to an activating group) is 2. The van der Waals surface area contributed by atoms with Crippen molar-refractivity contribution in [3.05, 3.63) is 11.8 Å². The second kappa shape index (κ2) is 4.91. The van der Waals surface area contributed by atoms with Gasteiger partial charge in [0.1, 0.15) is 6.29 Å². The normalized spacial score (nSPS) is 11.9. The molecule has 0 aromatic rings. The van der Waals surface area contributed by atoms with Gasteiger partial charge in [-0.25, -0.2) is 0 Å². The van der Waals surface area contributed by atoms with Gasteiger partial charge in [-0.15, -0.1) is 0 Å². The maximum absolute atomic E-state index is 10.2. The molecule has 0 aliphatic rings. The fourth-order valence-corrected chi connectivity index (χ4v) is 0.746. The Balaban J connectivity index is 4.11. The minimum absolute atomic E-state index is 0.797. The van der Waals surface area contributed by atoms with Crippen LogP contribution in [0.1, 0.15) is 0 Å². The molecule has 0 spiro atoms. The van der Waals surface area contributed by atoms with E-state index in [9.17, 15) is 4.79 Å². The molecule has 0 amide bonds. The molecule has 0 saturated heterocycles. The molecule has 0 bridgehead atoms. The van der Waals surface area contributed by atoms with E-state index in [0.717, 1.165) is 18.5 Å². The number of aldehydes is 1. The lowest BCUT2D eigenvalue weighted by atomic mass is 10.3. The summed E-state index contributed by atoms with van der Waals surface area (Å²) in [5, 5.41) is 0. The van der Waals surface area contributed by atoms with E-state index in [1.54, 1.807) is 6.08 Å². The van der Waals surface area contributed by atoms with Crippen molar-refractivity contribution in [2.45, 2.75) is 0 Å². The molecule has 11 heavy (non-hydrogen) atoms. The molecule has 3 heteroatoms. The molecule has 0 aliphatic heterocycles. The number of carbonyl (C=O) groups is 1. The Kier molecular flexibility index (Phi) is 4.54. The van der Waals surface area contributed by atoms with Crippen LogP contribution in [0.4, 0.5) is 0 Å². The van der Waals surface area contributed by atoms with Gasteiger partial charge in [-0.3, -0.25) is 4.79 Å². The largest absolute Gasteiger partial charge is 0.380 e. The summed E-state index contributed by atoms with van der Waals surface area (Å²) >= 11 is 0. The minimum atomic E-state index is 0.797. The predicted octanol–water partition coefficient (Wildman–Crippen LogP) is 0.192. The van der Waals surface area contributed by atoms with Gasteiger partial charge in [-0.1, -0.05) is 0 Å². The summed E-state index contributed by atoms with van der Waals surface area (Å²) < 4.78 is 0. The van der Waals surface area contributed by atoms with Crippen LogP contribution in [0.5, 0.6) is 0 Å². The van der Waals surface area contributed by atoms with E-state index in [1.807, 2.05) is 38.0 Å². The lowest BCUT2D eigenvalue weighted by Gasteiger charge is -2.19. The van der Waals surface area contributed by atoms with Crippen LogP contribution in [0.15, 0.2) is 11.8 Å². The molecule has 0 unspecified atom stereocenters. The van der Waals surface area contributed by atoms with Crippen LogP contribution in [-0.2, 0) is 4.79 Å². The topological polar surface area (TPSA) is 23.6 Å². The predicted molar refractivity (Wildman–Crippen MR) is 46.4 cm³/mol. The molecule has 0 N–H and O–H groups in total. The summed E-state index contributed by atoms with van der Waals surface area (Å²) in [6.45, 7) is 0.797. The van der Waals surface area contributed by atoms with E-state index in [1.165, 1.54) is 0 Å². The Labute approximate surface area is 68.3 Å². The highest BCUT2D eigenvalue weighted by molar-refractivity contribution is 5.65. The average molecular weight is 156 g/mol. The zero-order valence-electron chi connectivity index (χ0n) is 7.66. The van der Waals surface area contributed by atoms with Gasteiger partial charge >= 0.3 is 0 Å². The summed E-state index contributed by atoms with van der Waals surface area (Å²) in [7, 11) is 7.81. The summed E-state index contributed by atoms with van der Waals surface area (Å²) in [4.78, 5) is 14.1. The van der Waals surface area contributed by atoms with Crippen molar-refractivity contribution in [1.82, 2.24) is 9.80 Å². The Morgan fingerprint density at radius 1 is 1.27 bits per heavy atom. The van der Waals surface area contributed by atoms with E-state index in [2.05, 4.69) is 0 Å². The number of carbonyl (C=O) groups excluding carboxylic acids is 1. The Hall–Kier alpha value is -0.830. The lowest BCUT2D eigenvalue weighted by molar-refractivity contribution is -0.104. The smallest absolute Gasteiger partial charge is 0.144 e. The number of nitrogens with zero attached hydrogens (tertiary/aromatic N) is 2. The summed E-state index contributed by atoms with van der Waals surface area (Å²) in [5.41, 5.74) is 1.02. The molecule has 0 saturated carbocycles. The molecular weight excluding hydrogens is 140 g/mol. The number of rotatable bonds is 4. The van der Waals surface area contributed by atoms with Gasteiger partial charge in [0.15, 0.2) is 0 Å². The van der Waals surface area contributed by atoms with Crippen LogP contribution in [-0.4, -0.2) is 50.8 Å². The van der Waals surface area contributed by atoms with Crippen molar-refractivity contribution in [3.8, 4) is 0 Å². The number of allylic oxidation sites excluding steroid dienone is 1. The van der Waals surface area contributed by atoms with Gasteiger partial charge in [-0.05, 0) is 20.2 Å². The third-order valence-electron chi connectivity index (χ3n) is 1.31. The van der Waals surface area contributed by atoms with E-state index in [0.29, 0.717) is 0 Å². The molecule has 3 nitrogen and oxygen atoms in total. The molecule has 0 aromatic heterocycles. The molecule has 0 aromatic carbocycles. The molecule has 0 atom stereocenters. The highest BCUT2D eigenvalue weighted by atomic mass is 16.1. The first-order valence-electron chi connectivity index (χ1n) is 3.54. The lowest BCUT2D eigenvalue weighted by Crippen LogP contribution is -2.23. The van der Waals surface area contributed by atoms with Crippen molar-refractivity contribution in [2.24, 2.45) is 0 Å². The zero-order chi connectivity index (χ0) is 8.85. The molecular formula is C8H16N2O. The zero-order valence-corrected chi connectivity index (χ0v) is 7.66. The van der Waals surface area contributed by atoms with Gasteiger partial charge < -0.3 is 9.80 Å². The van der Waals surface area contributed by atoms with Crippen molar-refractivity contribution in [1.29, 1.82) is 0 Å². The first kappa shape index (κ1) is 10.2. The summed E-state index contributed by atoms with van der Waals surface area (Å²) in [5.74, 6) is 0. The molecule has 0 aliphatic carbocycles. The van der Waals surface area contributed by atoms with Crippen molar-refractivity contribution >= 4 is 6.29 Å². The molecule has 0 radical (unpaired) electrons. The van der Waals surface area contributed by atoms with Crippen LogP contribution >= 0.6 is 0 Å². The van der Waals surface area contributed by atoms with Crippen molar-refractivity contribution < 1.29 is 4.79 Å². The number of hydrogen-bond donors (Lipinski definition) is 0. The van der Waals surface area contributed by atoms with Gasteiger partial charge in [0, 0.05) is 26.3 Å². The number of hydrogen-bond acceptors (Lipinski definition) is 3. The molecule has 0 heterocycles. The average Bonchev–Trinajstić information content (AvgIpc) is 1.86. The molecule has 0 fully saturated rings. The van der Waals surface area contributed by atoms with Gasteiger partial charge in [0.2, 0.25) is 0 Å². The summed E-state index contributed by atoms with van der Waals surface area (Å²) in [6.07, 6.45) is 2.40. The standard InChI is InChI=1S/C8H16N2O/c1-9(2)7-8(5-6-11)10(3)4/h5-6H,7H2,1-4H3. The monoisotopic (exact) mass is 156 g/mol. The third-order valence-corrected chi connectivity index (χ3v) is 1.31. The van der Waals surface area contributed by atoms with Gasteiger partial charge in [0.05, 0.1) is 0 Å². The molecule has 0 rings (SSSR count). The van der Waals surface area contributed by atoms with Crippen LogP contribution in [0.2, 0.25) is 0 Å². The van der Waals surface area contributed by atoms with Crippen LogP contribution in [0.3, 0.4) is 0 Å². The fourth-order valence-electron chi connectivity index (χ4n) is 0.746. The highest BCUT2D eigenvalue weighted by Crippen LogP contribution is 1.97. The van der Waals surface area contributed by atoms with Crippen molar-refractivity contribution in [2.75, 3.05) is 34.7 Å². The van der Waals surface area contributed by atoms with E-state index in [-0.39, 0.29) is 0 Å². The summed E-state index contributed by atoms with van der Waals surface area (Å²) in [6, 6.07) is 0. The second-order valence-electron chi connectivity index (χ2n) is 2.93. The third kappa shape index (κ3) is 4.56. The SMILES string of the molecule is CN(C)CC(=CC=O)N(C)C. The highest BCUT2D eigenvalue weighted by Gasteiger charge is 1.99. The van der Waals surface area contributed by atoms with Crippen LogP contribution in [0, 0.1) is 0 Å². The van der Waals surface area contributed by atoms with E-state index in [4.69, 9.17) is 0 Å². The maximum atomic E-state index is 10.2. The quantitative estimate of drug-likeness (QED) is 0.429. The van der Waals surface area contributed by atoms with Crippen molar-refractivity contribution in [3.63, 3.8) is 0 Å². The minimum Gasteiger partial charge on any atom is -0.380 e. The maximum Gasteiger partial charge on any atom is 0.144 e. The molecule has 64 valence electrons. The first-order chi connectivity index (χ1) is 5.07. The Morgan fingerprint density at radius 3 is 2.09 bits per heavy atom. The fraction of sp³-hybridized carbons (Fsp3) is 0.625. The first-order valence-corrected chi connectivity index (χ1v) is 3.54. The second-order valence-corrected chi connectivity index (χ2v) is 2.93. The van der Waals surface area contributed by atoms with Gasteiger partial charge in [-0.2, -0.15) is 0 Å². The van der Waals surface area contributed by atoms with Crippen LogP contribution < -0.4 is 0 Å². The van der Waals surface area contributed by atoms with Crippen LogP contribution in [0.25, 0.3) is 0 Å².